The molecule has 0 unspecified atom stereocenters. The van der Waals surface area contributed by atoms with Crippen molar-refractivity contribution in [2.75, 3.05) is 26.2 Å². The zero-order valence-electron chi connectivity index (χ0n) is 11.2. The lowest BCUT2D eigenvalue weighted by Gasteiger charge is -2.22. The van der Waals surface area contributed by atoms with E-state index in [0.29, 0.717) is 12.0 Å². The molecule has 1 fully saturated rings. The van der Waals surface area contributed by atoms with Crippen molar-refractivity contribution in [2.24, 2.45) is 11.3 Å². The molecule has 1 amide bonds. The molecule has 3 nitrogen and oxygen atoms in total. The first-order chi connectivity index (χ1) is 7.55. The van der Waals surface area contributed by atoms with E-state index in [4.69, 9.17) is 0 Å². The van der Waals surface area contributed by atoms with Gasteiger partial charge in [0.05, 0.1) is 6.54 Å². The summed E-state index contributed by atoms with van der Waals surface area (Å²) in [7, 11) is 0. The first-order valence-electron chi connectivity index (χ1n) is 6.54. The average molecular weight is 226 g/mol. The molecule has 1 aliphatic carbocycles. The minimum absolute atomic E-state index is 0.226. The molecule has 0 radical (unpaired) electrons. The van der Waals surface area contributed by atoms with Crippen molar-refractivity contribution in [1.29, 1.82) is 0 Å². The van der Waals surface area contributed by atoms with E-state index in [2.05, 4.69) is 19.2 Å². The number of likely N-dealkylation sites (N-methyl/N-ethyl adjacent to an activating group) is 1. The van der Waals surface area contributed by atoms with Crippen LogP contribution in [0.5, 0.6) is 0 Å². The number of carbonyl (C=O) groups excluding carboxylic acids is 1. The van der Waals surface area contributed by atoms with Crippen LogP contribution >= 0.6 is 0 Å². The molecule has 0 saturated heterocycles. The fourth-order valence-electron chi connectivity index (χ4n) is 2.23. The van der Waals surface area contributed by atoms with Crippen LogP contribution in [0.1, 0.15) is 40.5 Å². The van der Waals surface area contributed by atoms with E-state index in [1.165, 1.54) is 12.8 Å². The van der Waals surface area contributed by atoms with Crippen molar-refractivity contribution in [3.8, 4) is 0 Å². The van der Waals surface area contributed by atoms with Crippen molar-refractivity contribution in [3.63, 3.8) is 0 Å². The van der Waals surface area contributed by atoms with Gasteiger partial charge in [-0.15, -0.1) is 0 Å². The van der Waals surface area contributed by atoms with Crippen LogP contribution in [0.2, 0.25) is 0 Å². The maximum atomic E-state index is 11.7. The molecular formula is C13H26N2O. The van der Waals surface area contributed by atoms with Gasteiger partial charge in [0.15, 0.2) is 0 Å². The second kappa shape index (κ2) is 5.67. The molecule has 0 aromatic heterocycles. The first-order valence-corrected chi connectivity index (χ1v) is 6.54. The van der Waals surface area contributed by atoms with Crippen LogP contribution in [0, 0.1) is 11.3 Å². The Kier molecular flexibility index (Phi) is 4.78. The molecule has 94 valence electrons. The highest BCUT2D eigenvalue weighted by Crippen LogP contribution is 2.51. The summed E-state index contributed by atoms with van der Waals surface area (Å²) in [5.41, 5.74) is 0.490. The Hall–Kier alpha value is -0.570. The van der Waals surface area contributed by atoms with Crippen molar-refractivity contribution in [2.45, 2.75) is 40.5 Å². The lowest BCUT2D eigenvalue weighted by molar-refractivity contribution is -0.129. The smallest absolute Gasteiger partial charge is 0.236 e. The van der Waals surface area contributed by atoms with Gasteiger partial charge in [-0.25, -0.2) is 0 Å². The number of hydrogen-bond acceptors (Lipinski definition) is 2. The second-order valence-corrected chi connectivity index (χ2v) is 5.19. The quantitative estimate of drug-likeness (QED) is 0.719. The van der Waals surface area contributed by atoms with Crippen molar-refractivity contribution < 1.29 is 4.79 Å². The third-order valence-corrected chi connectivity index (χ3v) is 3.99. The predicted molar refractivity (Wildman–Crippen MR) is 67.3 cm³/mol. The summed E-state index contributed by atoms with van der Waals surface area (Å²) in [4.78, 5) is 13.6. The third kappa shape index (κ3) is 3.21. The van der Waals surface area contributed by atoms with Gasteiger partial charge in [0.1, 0.15) is 0 Å². The lowest BCUT2D eigenvalue weighted by atomic mass is 9.92. The zero-order chi connectivity index (χ0) is 12.2. The molecule has 1 N–H and O–H groups in total. The number of carbonyl (C=O) groups is 1. The van der Waals surface area contributed by atoms with Gasteiger partial charge in [-0.05, 0) is 38.0 Å². The summed E-state index contributed by atoms with van der Waals surface area (Å²) < 4.78 is 0. The van der Waals surface area contributed by atoms with Crippen LogP contribution in [0.4, 0.5) is 0 Å². The van der Waals surface area contributed by atoms with Gasteiger partial charge in [-0.3, -0.25) is 4.79 Å². The number of nitrogens with one attached hydrogen (secondary N) is 1. The summed E-state index contributed by atoms with van der Waals surface area (Å²) >= 11 is 0. The van der Waals surface area contributed by atoms with Crippen molar-refractivity contribution >= 4 is 5.91 Å². The summed E-state index contributed by atoms with van der Waals surface area (Å²) in [6.45, 7) is 11.7. The Morgan fingerprint density at radius 2 is 1.88 bits per heavy atom. The highest BCUT2D eigenvalue weighted by Gasteiger charge is 2.44. The average Bonchev–Trinajstić information content (AvgIpc) is 3.01. The minimum atomic E-state index is 0.226. The summed E-state index contributed by atoms with van der Waals surface area (Å²) in [5, 5.41) is 3.33. The van der Waals surface area contributed by atoms with Crippen LogP contribution in [0.25, 0.3) is 0 Å². The molecule has 0 aromatic rings. The van der Waals surface area contributed by atoms with Gasteiger partial charge in [0.25, 0.3) is 0 Å². The van der Waals surface area contributed by atoms with Crippen LogP contribution in [0.15, 0.2) is 0 Å². The molecule has 3 heteroatoms. The summed E-state index contributed by atoms with van der Waals surface area (Å²) in [6, 6.07) is 0. The van der Waals surface area contributed by atoms with E-state index in [1.54, 1.807) is 0 Å². The summed E-state index contributed by atoms with van der Waals surface area (Å²) in [6.07, 6.45) is 2.63. The number of nitrogens with zero attached hydrogens (tertiary/aromatic N) is 1. The SMILES string of the molecule is CCN(CC)C(=O)CNCC1(C(C)C)CC1. The Bertz CT molecular complexity index is 230. The number of rotatable bonds is 7. The number of amides is 1. The Morgan fingerprint density at radius 3 is 2.25 bits per heavy atom. The van der Waals surface area contributed by atoms with E-state index in [-0.39, 0.29) is 5.91 Å². The fraction of sp³-hybridized carbons (Fsp3) is 0.923. The Morgan fingerprint density at radius 1 is 1.31 bits per heavy atom. The van der Waals surface area contributed by atoms with Crippen LogP contribution < -0.4 is 5.32 Å². The van der Waals surface area contributed by atoms with Gasteiger partial charge in [-0.1, -0.05) is 13.8 Å². The highest BCUT2D eigenvalue weighted by molar-refractivity contribution is 5.78. The molecule has 0 atom stereocenters. The van der Waals surface area contributed by atoms with Crippen LogP contribution in [-0.4, -0.2) is 37.0 Å². The first kappa shape index (κ1) is 13.5. The molecule has 1 saturated carbocycles. The normalized spacial score (nSPS) is 17.6. The van der Waals surface area contributed by atoms with Crippen LogP contribution in [0.3, 0.4) is 0 Å². The molecule has 1 rings (SSSR count). The minimum Gasteiger partial charge on any atom is -0.342 e. The highest BCUT2D eigenvalue weighted by atomic mass is 16.2. The topological polar surface area (TPSA) is 32.3 Å². The molecular weight excluding hydrogens is 200 g/mol. The molecule has 0 aliphatic heterocycles. The van der Waals surface area contributed by atoms with E-state index < -0.39 is 0 Å². The zero-order valence-corrected chi connectivity index (χ0v) is 11.2. The molecule has 0 aromatic carbocycles. The van der Waals surface area contributed by atoms with Gasteiger partial charge >= 0.3 is 0 Å². The van der Waals surface area contributed by atoms with Gasteiger partial charge < -0.3 is 10.2 Å². The molecule has 0 spiro atoms. The van der Waals surface area contributed by atoms with Gasteiger partial charge in [0, 0.05) is 19.6 Å². The second-order valence-electron chi connectivity index (χ2n) is 5.19. The molecule has 0 heterocycles. The number of hydrogen-bond donors (Lipinski definition) is 1. The van der Waals surface area contributed by atoms with E-state index in [0.717, 1.165) is 25.6 Å². The Balaban J connectivity index is 2.23. The lowest BCUT2D eigenvalue weighted by Crippen LogP contribution is -2.40. The fourth-order valence-corrected chi connectivity index (χ4v) is 2.23. The monoisotopic (exact) mass is 226 g/mol. The van der Waals surface area contributed by atoms with Gasteiger partial charge in [0.2, 0.25) is 5.91 Å². The molecule has 1 aliphatic rings. The third-order valence-electron chi connectivity index (χ3n) is 3.99. The summed E-state index contributed by atoms with van der Waals surface area (Å²) in [5.74, 6) is 0.952. The predicted octanol–water partition coefficient (Wildman–Crippen LogP) is 1.88. The van der Waals surface area contributed by atoms with E-state index in [1.807, 2.05) is 18.7 Å². The van der Waals surface area contributed by atoms with Gasteiger partial charge in [-0.2, -0.15) is 0 Å². The maximum absolute atomic E-state index is 11.7. The maximum Gasteiger partial charge on any atom is 0.236 e. The standard InChI is InChI=1S/C13H26N2O/c1-5-15(6-2)12(16)9-14-10-13(7-8-13)11(3)4/h11,14H,5-10H2,1-4H3. The van der Waals surface area contributed by atoms with E-state index in [9.17, 15) is 4.79 Å². The largest absolute Gasteiger partial charge is 0.342 e. The molecule has 0 bridgehead atoms. The van der Waals surface area contributed by atoms with Crippen molar-refractivity contribution in [3.05, 3.63) is 0 Å². The van der Waals surface area contributed by atoms with E-state index >= 15 is 0 Å². The van der Waals surface area contributed by atoms with Crippen molar-refractivity contribution in [1.82, 2.24) is 10.2 Å². The molecule has 16 heavy (non-hydrogen) atoms. The Labute approximate surface area is 99.6 Å². The van der Waals surface area contributed by atoms with Crippen LogP contribution in [-0.2, 0) is 4.79 Å².